The van der Waals surface area contributed by atoms with E-state index in [1.165, 1.54) is 0 Å². The van der Waals surface area contributed by atoms with Gasteiger partial charge in [0.15, 0.2) is 0 Å². The van der Waals surface area contributed by atoms with Gasteiger partial charge in [0.05, 0.1) is 13.2 Å². The Morgan fingerprint density at radius 3 is 1.38 bits per heavy atom. The van der Waals surface area contributed by atoms with Crippen LogP contribution in [0.4, 0.5) is 0 Å². The van der Waals surface area contributed by atoms with Gasteiger partial charge in [0.25, 0.3) is 0 Å². The number of nitrogens with one attached hydrogen (secondary N) is 2. The van der Waals surface area contributed by atoms with Crippen LogP contribution in [0.2, 0.25) is 0 Å². The Hall–Kier alpha value is -0.160. The molecular weight excluding hydrogens is 204 g/mol. The highest BCUT2D eigenvalue weighted by molar-refractivity contribution is 4.41. The zero-order chi connectivity index (χ0) is 10.5. The molecule has 0 aromatic rings. The van der Waals surface area contributed by atoms with E-state index in [-0.39, 0.29) is 14.9 Å². The molecular formula is C12H32N2O2. The Kier molecular flexibility index (Phi) is 26.8. The summed E-state index contributed by atoms with van der Waals surface area (Å²) in [5.41, 5.74) is 0. The van der Waals surface area contributed by atoms with Crippen molar-refractivity contribution in [2.45, 2.75) is 27.7 Å². The van der Waals surface area contributed by atoms with Crippen LogP contribution in [-0.2, 0) is 9.47 Å². The summed E-state index contributed by atoms with van der Waals surface area (Å²) in [5.74, 6) is 0. The largest absolute Gasteiger partial charge is 0.379 e. The van der Waals surface area contributed by atoms with E-state index >= 15 is 0 Å². The first-order valence-corrected chi connectivity index (χ1v) is 5.36. The molecule has 0 amide bonds. The zero-order valence-corrected chi connectivity index (χ0v) is 9.47. The summed E-state index contributed by atoms with van der Waals surface area (Å²) in [5, 5.41) is 6.15. The third-order valence-corrected chi connectivity index (χ3v) is 1.80. The lowest BCUT2D eigenvalue weighted by molar-refractivity contribution is 0.0464. The lowest BCUT2D eigenvalue weighted by Gasteiger charge is -2.05. The van der Waals surface area contributed by atoms with E-state index in [1.807, 2.05) is 14.1 Å². The Bertz CT molecular complexity index is 91.0. The van der Waals surface area contributed by atoms with E-state index in [2.05, 4.69) is 10.6 Å². The third-order valence-electron chi connectivity index (χ3n) is 1.80. The fourth-order valence-corrected chi connectivity index (χ4v) is 1.02. The van der Waals surface area contributed by atoms with E-state index < -0.39 is 0 Å². The molecule has 16 heavy (non-hydrogen) atoms. The molecule has 0 bridgehead atoms. The molecule has 0 saturated carbocycles. The Labute approximate surface area is 102 Å². The van der Waals surface area contributed by atoms with Gasteiger partial charge in [-0.1, -0.05) is 14.9 Å². The number of ether oxygens (including phenoxy) is 2. The van der Waals surface area contributed by atoms with Gasteiger partial charge in [-0.3, -0.25) is 0 Å². The van der Waals surface area contributed by atoms with Crippen LogP contribution in [0.15, 0.2) is 0 Å². The average Bonchev–Trinajstić information content (AvgIpc) is 2.21. The molecule has 0 spiro atoms. The Balaban J connectivity index is -0.000000845. The van der Waals surface area contributed by atoms with Crippen molar-refractivity contribution in [3.05, 3.63) is 0 Å². The molecule has 0 heterocycles. The van der Waals surface area contributed by atoms with Crippen LogP contribution >= 0.6 is 0 Å². The normalized spacial score (nSPS) is 9.38. The molecule has 4 heteroatoms. The maximum absolute atomic E-state index is 5.36. The van der Waals surface area contributed by atoms with Crippen molar-refractivity contribution in [1.82, 2.24) is 10.6 Å². The molecule has 0 unspecified atom stereocenters. The quantitative estimate of drug-likeness (QED) is 0.534. The van der Waals surface area contributed by atoms with E-state index in [4.69, 9.17) is 9.47 Å². The lowest BCUT2D eigenvalue weighted by Crippen LogP contribution is -2.14. The monoisotopic (exact) mass is 236 g/mol. The minimum Gasteiger partial charge on any atom is -0.379 e. The van der Waals surface area contributed by atoms with Gasteiger partial charge in [-0.05, 0) is 40.0 Å². The van der Waals surface area contributed by atoms with Crippen molar-refractivity contribution in [2.24, 2.45) is 0 Å². The van der Waals surface area contributed by atoms with E-state index in [1.54, 1.807) is 0 Å². The number of rotatable bonds is 11. The van der Waals surface area contributed by atoms with Crippen LogP contribution in [0.25, 0.3) is 0 Å². The summed E-state index contributed by atoms with van der Waals surface area (Å²) in [6, 6.07) is 0. The van der Waals surface area contributed by atoms with Gasteiger partial charge in [-0.25, -0.2) is 0 Å². The minimum atomic E-state index is 0. The molecule has 2 N–H and O–H groups in total. The molecule has 0 aliphatic carbocycles. The van der Waals surface area contributed by atoms with Crippen molar-refractivity contribution in [1.29, 1.82) is 0 Å². The first-order chi connectivity index (χ1) is 6.91. The maximum Gasteiger partial charge on any atom is 0.0700 e. The van der Waals surface area contributed by atoms with Gasteiger partial charge in [0.2, 0.25) is 0 Å². The molecule has 0 fully saturated rings. The summed E-state index contributed by atoms with van der Waals surface area (Å²) in [4.78, 5) is 0. The molecule has 0 radical (unpaired) electrons. The molecule has 0 aromatic carbocycles. The second-order valence-corrected chi connectivity index (χ2v) is 3.14. The number of hydrogen-bond donors (Lipinski definition) is 2. The van der Waals surface area contributed by atoms with Crippen molar-refractivity contribution in [3.63, 3.8) is 0 Å². The zero-order valence-electron chi connectivity index (χ0n) is 9.47. The van der Waals surface area contributed by atoms with Gasteiger partial charge < -0.3 is 20.1 Å². The van der Waals surface area contributed by atoms with E-state index in [9.17, 15) is 0 Å². The second-order valence-electron chi connectivity index (χ2n) is 3.14. The fourth-order valence-electron chi connectivity index (χ4n) is 1.02. The molecule has 102 valence electrons. The van der Waals surface area contributed by atoms with Crippen LogP contribution in [0.3, 0.4) is 0 Å². The minimum absolute atomic E-state index is 0. The van der Waals surface area contributed by atoms with E-state index in [0.29, 0.717) is 13.2 Å². The van der Waals surface area contributed by atoms with Gasteiger partial charge in [0, 0.05) is 13.2 Å². The lowest BCUT2D eigenvalue weighted by atomic mass is 10.4. The van der Waals surface area contributed by atoms with Gasteiger partial charge in [-0.2, -0.15) is 0 Å². The maximum atomic E-state index is 5.36. The van der Waals surface area contributed by atoms with Gasteiger partial charge >= 0.3 is 0 Å². The van der Waals surface area contributed by atoms with Crippen molar-refractivity contribution >= 4 is 0 Å². The fraction of sp³-hybridized carbons (Fsp3) is 1.00. The van der Waals surface area contributed by atoms with Crippen LogP contribution in [0, 0.1) is 0 Å². The molecule has 0 atom stereocenters. The molecule has 0 aromatic heterocycles. The Morgan fingerprint density at radius 1 is 0.688 bits per heavy atom. The Morgan fingerprint density at radius 2 is 1.06 bits per heavy atom. The van der Waals surface area contributed by atoms with Crippen molar-refractivity contribution in [2.75, 3.05) is 53.6 Å². The predicted molar refractivity (Wildman–Crippen MR) is 72.2 cm³/mol. The summed E-state index contributed by atoms with van der Waals surface area (Å²) in [6.45, 7) is 5.10. The second kappa shape index (κ2) is 20.3. The van der Waals surface area contributed by atoms with Gasteiger partial charge in [-0.15, -0.1) is 0 Å². The van der Waals surface area contributed by atoms with Crippen LogP contribution in [-0.4, -0.2) is 53.6 Å². The summed E-state index contributed by atoms with van der Waals surface area (Å²) in [6.07, 6.45) is 2.13. The third kappa shape index (κ3) is 19.4. The summed E-state index contributed by atoms with van der Waals surface area (Å²) >= 11 is 0. The van der Waals surface area contributed by atoms with Crippen molar-refractivity contribution in [3.8, 4) is 0 Å². The summed E-state index contributed by atoms with van der Waals surface area (Å²) < 4.78 is 10.7. The first kappa shape index (κ1) is 21.2. The highest BCUT2D eigenvalue weighted by atomic mass is 16.5. The van der Waals surface area contributed by atoms with Crippen LogP contribution < -0.4 is 10.6 Å². The topological polar surface area (TPSA) is 42.5 Å². The molecule has 0 rings (SSSR count). The highest BCUT2D eigenvalue weighted by Crippen LogP contribution is 1.84. The molecule has 0 aliphatic heterocycles. The predicted octanol–water partition coefficient (Wildman–Crippen LogP) is 1.51. The molecule has 0 saturated heterocycles. The average molecular weight is 236 g/mol. The van der Waals surface area contributed by atoms with Crippen LogP contribution in [0.1, 0.15) is 27.7 Å². The highest BCUT2D eigenvalue weighted by Gasteiger charge is 1.90. The number of hydrogen-bond acceptors (Lipinski definition) is 4. The molecule has 0 aliphatic rings. The van der Waals surface area contributed by atoms with Crippen molar-refractivity contribution < 1.29 is 9.47 Å². The van der Waals surface area contributed by atoms with Crippen LogP contribution in [0.5, 0.6) is 0 Å². The SMILES string of the molecule is C.C.CNCCCOCCOCCCNC. The smallest absolute Gasteiger partial charge is 0.0700 e. The van der Waals surface area contributed by atoms with Gasteiger partial charge in [0.1, 0.15) is 0 Å². The standard InChI is InChI=1S/C10H24N2O2.2CH4/c1-11-5-3-7-13-9-10-14-8-4-6-12-2;;/h11-12H,3-10H2,1-2H3;2*1H4. The molecule has 4 nitrogen and oxygen atoms in total. The van der Waals surface area contributed by atoms with E-state index in [0.717, 1.165) is 39.1 Å². The summed E-state index contributed by atoms with van der Waals surface area (Å²) in [7, 11) is 3.90. The first-order valence-electron chi connectivity index (χ1n) is 5.36.